The molecule has 0 saturated heterocycles. The number of aromatic nitrogens is 1. The van der Waals surface area contributed by atoms with Gasteiger partial charge in [0.05, 0.1) is 29.6 Å². The van der Waals surface area contributed by atoms with Gasteiger partial charge in [0.25, 0.3) is 0 Å². The first-order chi connectivity index (χ1) is 21.1. The van der Waals surface area contributed by atoms with Crippen molar-refractivity contribution in [2.75, 3.05) is 7.11 Å². The molecule has 4 N–H and O–H groups in total. The van der Waals surface area contributed by atoms with Gasteiger partial charge >= 0.3 is 6.09 Å². The van der Waals surface area contributed by atoms with E-state index in [0.29, 0.717) is 22.6 Å². The van der Waals surface area contributed by atoms with E-state index in [1.807, 2.05) is 0 Å². The number of amides is 2. The van der Waals surface area contributed by atoms with Gasteiger partial charge in [-0.05, 0) is 101 Å². The van der Waals surface area contributed by atoms with Gasteiger partial charge < -0.3 is 30.4 Å². The number of aliphatic hydroxyl groups is 1. The van der Waals surface area contributed by atoms with Crippen LogP contribution in [0.25, 0.3) is 11.3 Å². The van der Waals surface area contributed by atoms with Gasteiger partial charge in [-0.15, -0.1) is 0 Å². The molecule has 2 unspecified atom stereocenters. The molecule has 0 bridgehead atoms. The Labute approximate surface area is 266 Å². The van der Waals surface area contributed by atoms with E-state index in [-0.39, 0.29) is 46.7 Å². The average Bonchev–Trinajstić information content (AvgIpc) is 3.79. The second-order valence-corrected chi connectivity index (χ2v) is 12.6. The number of ketones is 1. The number of hydrogen-bond donors (Lipinski definition) is 3. The summed E-state index contributed by atoms with van der Waals surface area (Å²) in [4.78, 5) is 42.9. The predicted molar refractivity (Wildman–Crippen MR) is 166 cm³/mol. The number of alkyl carbamates (subject to hydrolysis) is 1. The minimum atomic E-state index is -1.70. The van der Waals surface area contributed by atoms with Crippen LogP contribution in [0.3, 0.4) is 0 Å². The number of nitrogens with two attached hydrogens (primary N) is 1. The van der Waals surface area contributed by atoms with Crippen LogP contribution in [0.2, 0.25) is 5.02 Å². The van der Waals surface area contributed by atoms with Gasteiger partial charge in [0.15, 0.2) is 17.3 Å². The third-order valence-electron chi connectivity index (χ3n) is 7.04. The first kappa shape index (κ1) is 33.7. The first-order valence-electron chi connectivity index (χ1n) is 14.4. The molecule has 45 heavy (non-hydrogen) atoms. The maximum atomic E-state index is 14.0. The predicted octanol–water partition coefficient (Wildman–Crippen LogP) is 6.01. The molecular formula is C33H37ClFN3O7. The number of ether oxygens (including phenoxy) is 3. The lowest BCUT2D eigenvalue weighted by molar-refractivity contribution is -0.120. The Morgan fingerprint density at radius 3 is 2.40 bits per heavy atom. The number of benzene rings is 2. The van der Waals surface area contributed by atoms with Gasteiger partial charge in [0, 0.05) is 17.5 Å². The number of carbonyl (C=O) groups excluding carboxylic acids is 3. The van der Waals surface area contributed by atoms with Crippen molar-refractivity contribution < 1.29 is 38.1 Å². The Morgan fingerprint density at radius 1 is 1.09 bits per heavy atom. The second-order valence-electron chi connectivity index (χ2n) is 12.2. The largest absolute Gasteiger partial charge is 0.493 e. The van der Waals surface area contributed by atoms with E-state index in [1.165, 1.54) is 38.3 Å². The maximum Gasteiger partial charge on any atom is 0.408 e. The Bertz CT molecular complexity index is 1600. The van der Waals surface area contributed by atoms with E-state index >= 15 is 0 Å². The number of primary amides is 1. The van der Waals surface area contributed by atoms with Crippen LogP contribution in [-0.2, 0) is 15.1 Å². The van der Waals surface area contributed by atoms with Crippen LogP contribution in [0.1, 0.15) is 81.0 Å². The Morgan fingerprint density at radius 2 is 1.80 bits per heavy atom. The standard InChI is InChI=1S/C33H37ClFN3O7/c1-32(2,3)45-31(41)38-29(30(36)40)20-15-24(18-6-10-23(35)22(34)14-18)37-28(17-20)33(4,42)13-12-25(39)19-7-11-26(27(16-19)43-5)44-21-8-9-21/h6-7,10-11,14-17,21,29,42H,8-9,12-13H2,1-5H3,(H2,36,40)(H,38,41). The zero-order chi connectivity index (χ0) is 33.1. The number of halogens is 2. The number of carbonyl (C=O) groups is 3. The molecule has 12 heteroatoms. The number of nitrogens with one attached hydrogen (secondary N) is 1. The SMILES string of the molecule is COc1cc(C(=O)CCC(C)(O)c2cc(C(NC(=O)OC(C)(C)C)C(N)=O)cc(-c3ccc(F)c(Cl)c3)n2)ccc1OC1CC1. The molecule has 2 aromatic carbocycles. The van der Waals surface area contributed by atoms with Gasteiger partial charge in [0.2, 0.25) is 5.91 Å². The molecular weight excluding hydrogens is 605 g/mol. The Balaban J connectivity index is 1.65. The molecule has 1 heterocycles. The molecule has 1 aromatic heterocycles. The van der Waals surface area contributed by atoms with E-state index in [9.17, 15) is 23.9 Å². The van der Waals surface area contributed by atoms with Crippen LogP contribution in [0, 0.1) is 5.82 Å². The van der Waals surface area contributed by atoms with Gasteiger partial charge in [-0.2, -0.15) is 0 Å². The van der Waals surface area contributed by atoms with E-state index in [1.54, 1.807) is 39.0 Å². The maximum absolute atomic E-state index is 14.0. The van der Waals surface area contributed by atoms with Crippen LogP contribution in [0.15, 0.2) is 48.5 Å². The van der Waals surface area contributed by atoms with Crippen LogP contribution in [-0.4, -0.2) is 46.7 Å². The van der Waals surface area contributed by atoms with Gasteiger partial charge in [0.1, 0.15) is 23.1 Å². The monoisotopic (exact) mass is 641 g/mol. The van der Waals surface area contributed by atoms with Crippen LogP contribution in [0.4, 0.5) is 9.18 Å². The fourth-order valence-corrected chi connectivity index (χ4v) is 4.66. The summed E-state index contributed by atoms with van der Waals surface area (Å²) in [6.07, 6.45) is 1.08. The summed E-state index contributed by atoms with van der Waals surface area (Å²) in [7, 11) is 1.50. The molecule has 2 amide bonds. The van der Waals surface area contributed by atoms with Crippen molar-refractivity contribution in [2.24, 2.45) is 5.73 Å². The molecule has 1 saturated carbocycles. The fourth-order valence-electron chi connectivity index (χ4n) is 4.47. The number of nitrogens with zero attached hydrogens (tertiary/aromatic N) is 1. The Kier molecular flexibility index (Phi) is 10.0. The highest BCUT2D eigenvalue weighted by Crippen LogP contribution is 2.36. The average molecular weight is 642 g/mol. The molecule has 1 aliphatic carbocycles. The minimum Gasteiger partial charge on any atom is -0.493 e. The minimum absolute atomic E-state index is 0.0602. The molecule has 0 spiro atoms. The highest BCUT2D eigenvalue weighted by Gasteiger charge is 2.31. The van der Waals surface area contributed by atoms with Crippen LogP contribution >= 0.6 is 11.6 Å². The van der Waals surface area contributed by atoms with Gasteiger partial charge in [-0.1, -0.05) is 11.6 Å². The lowest BCUT2D eigenvalue weighted by atomic mass is 9.90. The molecule has 1 fully saturated rings. The molecule has 0 radical (unpaired) electrons. The van der Waals surface area contributed by atoms with Crippen LogP contribution < -0.4 is 20.5 Å². The van der Waals surface area contributed by atoms with Gasteiger partial charge in [-0.25, -0.2) is 14.2 Å². The summed E-state index contributed by atoms with van der Waals surface area (Å²) in [5.41, 5.74) is 4.34. The number of pyridine rings is 1. The number of rotatable bonds is 12. The normalized spacial score (nSPS) is 15.0. The molecule has 240 valence electrons. The van der Waals surface area contributed by atoms with Crippen molar-refractivity contribution in [3.05, 3.63) is 76.2 Å². The third kappa shape index (κ3) is 8.92. The smallest absolute Gasteiger partial charge is 0.408 e. The number of hydrogen-bond acceptors (Lipinski definition) is 8. The lowest BCUT2D eigenvalue weighted by Crippen LogP contribution is -2.40. The second kappa shape index (κ2) is 13.4. The molecule has 1 aliphatic rings. The van der Waals surface area contributed by atoms with Crippen molar-refractivity contribution in [1.82, 2.24) is 10.3 Å². The zero-order valence-electron chi connectivity index (χ0n) is 25.8. The van der Waals surface area contributed by atoms with E-state index in [4.69, 9.17) is 31.5 Å². The first-order valence-corrected chi connectivity index (χ1v) is 14.8. The molecule has 2 atom stereocenters. The van der Waals surface area contributed by atoms with E-state index in [2.05, 4.69) is 10.3 Å². The summed E-state index contributed by atoms with van der Waals surface area (Å²) >= 11 is 6.02. The van der Waals surface area contributed by atoms with Crippen molar-refractivity contribution in [3.63, 3.8) is 0 Å². The van der Waals surface area contributed by atoms with Gasteiger partial charge in [-0.3, -0.25) is 9.59 Å². The van der Waals surface area contributed by atoms with E-state index in [0.717, 1.165) is 18.9 Å². The summed E-state index contributed by atoms with van der Waals surface area (Å²) in [6, 6.07) is 10.4. The summed E-state index contributed by atoms with van der Waals surface area (Å²) in [5, 5.41) is 13.9. The van der Waals surface area contributed by atoms with Crippen molar-refractivity contribution >= 4 is 29.4 Å². The van der Waals surface area contributed by atoms with Crippen molar-refractivity contribution in [2.45, 2.75) is 76.7 Å². The fraction of sp³-hybridized carbons (Fsp3) is 0.394. The lowest BCUT2D eigenvalue weighted by Gasteiger charge is -2.26. The summed E-state index contributed by atoms with van der Waals surface area (Å²) < 4.78 is 30.5. The van der Waals surface area contributed by atoms with Crippen LogP contribution in [0.5, 0.6) is 11.5 Å². The van der Waals surface area contributed by atoms with E-state index < -0.39 is 35.1 Å². The molecule has 4 rings (SSSR count). The zero-order valence-corrected chi connectivity index (χ0v) is 26.5. The number of methoxy groups -OCH3 is 1. The quantitative estimate of drug-likeness (QED) is 0.203. The molecule has 0 aliphatic heterocycles. The topological polar surface area (TPSA) is 150 Å². The molecule has 3 aromatic rings. The summed E-state index contributed by atoms with van der Waals surface area (Å²) in [6.45, 7) is 6.47. The van der Waals surface area contributed by atoms with Crippen molar-refractivity contribution in [1.29, 1.82) is 0 Å². The highest BCUT2D eigenvalue weighted by molar-refractivity contribution is 6.31. The molecule has 10 nitrogen and oxygen atoms in total. The Hall–Kier alpha value is -4.22. The third-order valence-corrected chi connectivity index (χ3v) is 7.33. The number of Topliss-reactive ketones (excluding diaryl/α,β-unsaturated/α-hetero) is 1. The van der Waals surface area contributed by atoms with Crippen molar-refractivity contribution in [3.8, 4) is 22.8 Å². The highest BCUT2D eigenvalue weighted by atomic mass is 35.5. The summed E-state index contributed by atoms with van der Waals surface area (Å²) in [5.74, 6) is -0.810.